The quantitative estimate of drug-likeness (QED) is 0.874. The first-order valence-corrected chi connectivity index (χ1v) is 8.79. The van der Waals surface area contributed by atoms with Gasteiger partial charge in [-0.2, -0.15) is 0 Å². The summed E-state index contributed by atoms with van der Waals surface area (Å²) in [5.41, 5.74) is 0. The third-order valence-electron chi connectivity index (χ3n) is 3.76. The number of quaternary nitrogens is 1. The third kappa shape index (κ3) is 3.55. The predicted octanol–water partition coefficient (Wildman–Crippen LogP) is 1.85. The SMILES string of the molecule is O=C(NCC[NH+]1CCOCC1)c1sc2cc(Cl)ccc2c1Cl. The van der Waals surface area contributed by atoms with Crippen molar-refractivity contribution in [2.45, 2.75) is 0 Å². The zero-order valence-corrected chi connectivity index (χ0v) is 14.3. The van der Waals surface area contributed by atoms with Crippen LogP contribution in [0, 0.1) is 0 Å². The normalized spacial score (nSPS) is 16.1. The van der Waals surface area contributed by atoms with Gasteiger partial charge in [0, 0.05) is 15.1 Å². The molecule has 2 N–H and O–H groups in total. The van der Waals surface area contributed by atoms with Crippen LogP contribution in [0.3, 0.4) is 0 Å². The van der Waals surface area contributed by atoms with Crippen LogP contribution in [0.15, 0.2) is 18.2 Å². The van der Waals surface area contributed by atoms with Crippen molar-refractivity contribution in [2.75, 3.05) is 39.4 Å². The minimum atomic E-state index is -0.116. The molecule has 0 bridgehead atoms. The standard InChI is InChI=1S/C15H16Cl2N2O2S/c16-10-1-2-11-12(9-10)22-14(13(11)17)15(20)18-3-4-19-5-7-21-8-6-19/h1-2,9H,3-8H2,(H,18,20)/p+1. The summed E-state index contributed by atoms with van der Waals surface area (Å²) in [5.74, 6) is -0.116. The van der Waals surface area contributed by atoms with Crippen LogP contribution in [0.1, 0.15) is 9.67 Å². The van der Waals surface area contributed by atoms with Crippen molar-refractivity contribution < 1.29 is 14.4 Å². The smallest absolute Gasteiger partial charge is 0.263 e. The highest BCUT2D eigenvalue weighted by Gasteiger charge is 2.18. The molecule has 1 aromatic heterocycles. The lowest BCUT2D eigenvalue weighted by atomic mass is 10.2. The Morgan fingerprint density at radius 2 is 2.09 bits per heavy atom. The number of ether oxygens (including phenoxy) is 1. The van der Waals surface area contributed by atoms with Crippen molar-refractivity contribution in [3.8, 4) is 0 Å². The van der Waals surface area contributed by atoms with Gasteiger partial charge in [-0.3, -0.25) is 4.79 Å². The van der Waals surface area contributed by atoms with Crippen LogP contribution in [-0.2, 0) is 4.74 Å². The Morgan fingerprint density at radius 3 is 2.86 bits per heavy atom. The summed E-state index contributed by atoms with van der Waals surface area (Å²) in [6.45, 7) is 5.14. The van der Waals surface area contributed by atoms with Gasteiger partial charge in [-0.05, 0) is 12.1 Å². The maximum Gasteiger partial charge on any atom is 0.263 e. The molecule has 4 nitrogen and oxygen atoms in total. The first kappa shape index (κ1) is 16.0. The molecule has 22 heavy (non-hydrogen) atoms. The second kappa shape index (κ2) is 7.15. The van der Waals surface area contributed by atoms with E-state index in [0.717, 1.165) is 42.9 Å². The third-order valence-corrected chi connectivity index (χ3v) is 5.65. The zero-order chi connectivity index (χ0) is 15.5. The molecule has 0 aliphatic carbocycles. The lowest BCUT2D eigenvalue weighted by Gasteiger charge is -2.23. The summed E-state index contributed by atoms with van der Waals surface area (Å²) in [4.78, 5) is 14.3. The molecule has 0 saturated carbocycles. The number of hydrogen-bond acceptors (Lipinski definition) is 3. The number of carbonyl (C=O) groups excluding carboxylic acids is 1. The highest BCUT2D eigenvalue weighted by Crippen LogP contribution is 2.36. The van der Waals surface area contributed by atoms with E-state index >= 15 is 0 Å². The molecule has 1 amide bonds. The second-order valence-electron chi connectivity index (χ2n) is 5.25. The minimum absolute atomic E-state index is 0.116. The minimum Gasteiger partial charge on any atom is -0.370 e. The van der Waals surface area contributed by atoms with Crippen LogP contribution < -0.4 is 10.2 Å². The summed E-state index contributed by atoms with van der Waals surface area (Å²) in [6, 6.07) is 5.47. The molecule has 0 radical (unpaired) electrons. The first-order valence-electron chi connectivity index (χ1n) is 7.22. The molecule has 118 valence electrons. The fraction of sp³-hybridized carbons (Fsp3) is 0.400. The fourth-order valence-electron chi connectivity index (χ4n) is 2.53. The van der Waals surface area contributed by atoms with Gasteiger partial charge in [-0.1, -0.05) is 29.3 Å². The second-order valence-corrected chi connectivity index (χ2v) is 7.12. The molecule has 2 heterocycles. The average Bonchev–Trinajstić information content (AvgIpc) is 2.84. The van der Waals surface area contributed by atoms with Crippen LogP contribution in [-0.4, -0.2) is 45.3 Å². The maximum absolute atomic E-state index is 12.3. The van der Waals surface area contributed by atoms with Crippen LogP contribution >= 0.6 is 34.5 Å². The van der Waals surface area contributed by atoms with E-state index in [9.17, 15) is 4.79 Å². The van der Waals surface area contributed by atoms with Crippen molar-refractivity contribution >= 4 is 50.5 Å². The molecule has 3 rings (SSSR count). The van der Waals surface area contributed by atoms with Gasteiger partial charge < -0.3 is 15.0 Å². The number of thiophene rings is 1. The van der Waals surface area contributed by atoms with Gasteiger partial charge in [0.2, 0.25) is 0 Å². The molecule has 1 aliphatic rings. The Balaban J connectivity index is 1.63. The van der Waals surface area contributed by atoms with Gasteiger partial charge in [0.05, 0.1) is 31.3 Å². The molecule has 0 unspecified atom stereocenters. The topological polar surface area (TPSA) is 42.8 Å². The van der Waals surface area contributed by atoms with E-state index in [1.54, 1.807) is 6.07 Å². The monoisotopic (exact) mass is 359 g/mol. The molecule has 1 aromatic carbocycles. The molecular formula is C15H17Cl2N2O2S+. The number of benzene rings is 1. The Bertz CT molecular complexity index is 683. The van der Waals surface area contributed by atoms with Gasteiger partial charge in [0.1, 0.15) is 18.0 Å². The largest absolute Gasteiger partial charge is 0.370 e. The molecule has 2 aromatic rings. The Morgan fingerprint density at radius 1 is 1.32 bits per heavy atom. The van der Waals surface area contributed by atoms with E-state index in [1.807, 2.05) is 12.1 Å². The summed E-state index contributed by atoms with van der Waals surface area (Å²) in [7, 11) is 0. The highest BCUT2D eigenvalue weighted by atomic mass is 35.5. The number of halogens is 2. The molecule has 0 atom stereocenters. The van der Waals surface area contributed by atoms with Crippen molar-refractivity contribution in [3.63, 3.8) is 0 Å². The van der Waals surface area contributed by atoms with Crippen molar-refractivity contribution in [3.05, 3.63) is 33.1 Å². The lowest BCUT2D eigenvalue weighted by molar-refractivity contribution is -0.906. The van der Waals surface area contributed by atoms with Crippen LogP contribution in [0.4, 0.5) is 0 Å². The molecule has 7 heteroatoms. The number of amides is 1. The van der Waals surface area contributed by atoms with Crippen molar-refractivity contribution in [2.24, 2.45) is 0 Å². The van der Waals surface area contributed by atoms with Crippen molar-refractivity contribution in [1.29, 1.82) is 0 Å². The summed E-state index contributed by atoms with van der Waals surface area (Å²) in [6.07, 6.45) is 0. The van der Waals surface area contributed by atoms with E-state index in [1.165, 1.54) is 16.2 Å². The lowest BCUT2D eigenvalue weighted by Crippen LogP contribution is -3.14. The van der Waals surface area contributed by atoms with Gasteiger partial charge in [-0.15, -0.1) is 11.3 Å². The van der Waals surface area contributed by atoms with E-state index in [4.69, 9.17) is 27.9 Å². The van der Waals surface area contributed by atoms with E-state index in [-0.39, 0.29) is 5.91 Å². The number of rotatable bonds is 4. The molecule has 1 aliphatic heterocycles. The van der Waals surface area contributed by atoms with Gasteiger partial charge in [0.15, 0.2) is 0 Å². The van der Waals surface area contributed by atoms with Gasteiger partial charge in [0.25, 0.3) is 5.91 Å². The molecule has 1 saturated heterocycles. The van der Waals surface area contributed by atoms with Crippen molar-refractivity contribution in [1.82, 2.24) is 5.32 Å². The maximum atomic E-state index is 12.3. The number of carbonyl (C=O) groups is 1. The number of fused-ring (bicyclic) bond motifs is 1. The van der Waals surface area contributed by atoms with Gasteiger partial charge >= 0.3 is 0 Å². The van der Waals surface area contributed by atoms with E-state index < -0.39 is 0 Å². The number of nitrogens with one attached hydrogen (secondary N) is 2. The van der Waals surface area contributed by atoms with Crippen LogP contribution in [0.25, 0.3) is 10.1 Å². The van der Waals surface area contributed by atoms with Crippen LogP contribution in [0.2, 0.25) is 10.0 Å². The first-order chi connectivity index (χ1) is 10.6. The van der Waals surface area contributed by atoms with E-state index in [2.05, 4.69) is 5.32 Å². The Kier molecular flexibility index (Phi) is 5.21. The summed E-state index contributed by atoms with van der Waals surface area (Å²) in [5, 5.41) is 4.98. The molecular weight excluding hydrogens is 343 g/mol. The summed E-state index contributed by atoms with van der Waals surface area (Å²) >= 11 is 13.7. The summed E-state index contributed by atoms with van der Waals surface area (Å²) < 4.78 is 6.25. The Labute approximate surface area is 142 Å². The molecule has 1 fully saturated rings. The number of hydrogen-bond donors (Lipinski definition) is 2. The number of morpholine rings is 1. The van der Waals surface area contributed by atoms with E-state index in [0.29, 0.717) is 21.5 Å². The van der Waals surface area contributed by atoms with Gasteiger partial charge in [-0.25, -0.2) is 0 Å². The molecule has 0 spiro atoms. The predicted molar refractivity (Wildman–Crippen MR) is 90.6 cm³/mol. The van der Waals surface area contributed by atoms with Crippen LogP contribution in [0.5, 0.6) is 0 Å². The zero-order valence-electron chi connectivity index (χ0n) is 12.0. The fourth-order valence-corrected chi connectivity index (χ4v) is 4.24. The Hall–Kier alpha value is -0.850. The average molecular weight is 360 g/mol. The highest BCUT2D eigenvalue weighted by molar-refractivity contribution is 7.21.